The van der Waals surface area contributed by atoms with Crippen molar-refractivity contribution < 1.29 is 4.42 Å². The van der Waals surface area contributed by atoms with Crippen LogP contribution in [-0.2, 0) is 13.1 Å². The van der Waals surface area contributed by atoms with E-state index >= 15 is 0 Å². The van der Waals surface area contributed by atoms with Crippen LogP contribution in [0.5, 0.6) is 0 Å². The van der Waals surface area contributed by atoms with Crippen LogP contribution in [-0.4, -0.2) is 49.6 Å². The minimum Gasteiger partial charge on any atom is -0.468 e. The van der Waals surface area contributed by atoms with Crippen molar-refractivity contribution in [3.8, 4) is 0 Å². The highest BCUT2D eigenvalue weighted by Crippen LogP contribution is 2.16. The number of likely N-dealkylation sites (N-methyl/N-ethyl adjacent to an activating group) is 1. The Morgan fingerprint density at radius 3 is 3.00 bits per heavy atom. The number of nitrogens with one attached hydrogen (secondary N) is 1. The van der Waals surface area contributed by atoms with Crippen LogP contribution in [0.4, 0.5) is 0 Å². The van der Waals surface area contributed by atoms with Gasteiger partial charge in [-0.3, -0.25) is 4.90 Å². The van der Waals surface area contributed by atoms with Gasteiger partial charge in [0.15, 0.2) is 0 Å². The van der Waals surface area contributed by atoms with Gasteiger partial charge in [-0.2, -0.15) is 0 Å². The lowest BCUT2D eigenvalue weighted by Gasteiger charge is -2.37. The molecule has 96 valence electrons. The van der Waals surface area contributed by atoms with E-state index < -0.39 is 0 Å². The first-order valence-corrected chi connectivity index (χ1v) is 6.33. The highest BCUT2D eigenvalue weighted by Gasteiger charge is 2.21. The smallest absolute Gasteiger partial charge is 0.122 e. The van der Waals surface area contributed by atoms with Crippen LogP contribution in [0, 0.1) is 0 Å². The second kappa shape index (κ2) is 5.67. The Bertz CT molecular complexity index is 350. The van der Waals surface area contributed by atoms with Crippen LogP contribution in [0.2, 0.25) is 0 Å². The number of piperazine rings is 1. The average molecular weight is 237 g/mol. The summed E-state index contributed by atoms with van der Waals surface area (Å²) in [6, 6.07) is 2.69. The number of rotatable bonds is 4. The summed E-state index contributed by atoms with van der Waals surface area (Å²) in [5.74, 6) is 1.11. The third kappa shape index (κ3) is 3.09. The molecular formula is C13H23N3O. The predicted octanol–water partition coefficient (Wildman–Crippen LogP) is 1.13. The lowest BCUT2D eigenvalue weighted by atomic mass is 10.2. The molecule has 1 unspecified atom stereocenters. The summed E-state index contributed by atoms with van der Waals surface area (Å²) >= 11 is 0. The molecule has 0 bridgehead atoms. The monoisotopic (exact) mass is 237 g/mol. The van der Waals surface area contributed by atoms with E-state index in [0.717, 1.165) is 38.5 Å². The van der Waals surface area contributed by atoms with Gasteiger partial charge in [-0.25, -0.2) is 0 Å². The third-order valence-corrected chi connectivity index (χ3v) is 3.62. The number of hydrogen-bond donors (Lipinski definition) is 1. The molecule has 1 aliphatic rings. The number of furan rings is 1. The van der Waals surface area contributed by atoms with Crippen molar-refractivity contribution in [2.45, 2.75) is 26.1 Å². The summed E-state index contributed by atoms with van der Waals surface area (Å²) in [5.41, 5.74) is 1.28. The molecule has 4 nitrogen and oxygen atoms in total. The highest BCUT2D eigenvalue weighted by atomic mass is 16.3. The van der Waals surface area contributed by atoms with Crippen LogP contribution < -0.4 is 5.32 Å². The molecule has 0 amide bonds. The lowest BCUT2D eigenvalue weighted by molar-refractivity contribution is 0.0943. The minimum atomic E-state index is 0.631. The summed E-state index contributed by atoms with van der Waals surface area (Å²) in [6.45, 7) is 7.49. The summed E-state index contributed by atoms with van der Waals surface area (Å²) in [7, 11) is 4.16. The molecule has 1 N–H and O–H groups in total. The van der Waals surface area contributed by atoms with E-state index in [1.165, 1.54) is 5.56 Å². The molecule has 0 aliphatic carbocycles. The standard InChI is InChI=1S/C13H23N3O/c1-11-9-16(6-5-15(11)3)10-13-12(8-14-2)4-7-17-13/h4,7,11,14H,5-6,8-10H2,1-3H3. The molecule has 1 aliphatic heterocycles. The topological polar surface area (TPSA) is 31.7 Å². The molecule has 1 aromatic rings. The molecule has 4 heteroatoms. The molecule has 2 rings (SSSR count). The van der Waals surface area contributed by atoms with Gasteiger partial charge in [0.05, 0.1) is 12.8 Å². The fourth-order valence-electron chi connectivity index (χ4n) is 2.32. The van der Waals surface area contributed by atoms with Crippen molar-refractivity contribution in [1.82, 2.24) is 15.1 Å². The van der Waals surface area contributed by atoms with Crippen molar-refractivity contribution in [3.05, 3.63) is 23.7 Å². The van der Waals surface area contributed by atoms with Gasteiger partial charge in [0.2, 0.25) is 0 Å². The van der Waals surface area contributed by atoms with E-state index in [4.69, 9.17) is 4.42 Å². The Morgan fingerprint density at radius 2 is 2.29 bits per heavy atom. The van der Waals surface area contributed by atoms with Gasteiger partial charge in [0.1, 0.15) is 5.76 Å². The maximum Gasteiger partial charge on any atom is 0.122 e. The van der Waals surface area contributed by atoms with Crippen molar-refractivity contribution in [2.24, 2.45) is 0 Å². The molecule has 0 aromatic carbocycles. The normalized spacial score (nSPS) is 23.1. The first kappa shape index (κ1) is 12.6. The maximum atomic E-state index is 5.59. The number of nitrogens with zero attached hydrogens (tertiary/aromatic N) is 2. The zero-order valence-corrected chi connectivity index (χ0v) is 11.1. The molecule has 2 heterocycles. The molecule has 1 saturated heterocycles. The summed E-state index contributed by atoms with van der Waals surface area (Å²) in [4.78, 5) is 4.88. The third-order valence-electron chi connectivity index (χ3n) is 3.62. The van der Waals surface area contributed by atoms with Crippen molar-refractivity contribution in [1.29, 1.82) is 0 Å². The summed E-state index contributed by atoms with van der Waals surface area (Å²) < 4.78 is 5.59. The van der Waals surface area contributed by atoms with E-state index in [9.17, 15) is 0 Å². The Morgan fingerprint density at radius 1 is 1.47 bits per heavy atom. The van der Waals surface area contributed by atoms with Crippen LogP contribution in [0.15, 0.2) is 16.7 Å². The molecule has 1 fully saturated rings. The number of hydrogen-bond acceptors (Lipinski definition) is 4. The van der Waals surface area contributed by atoms with E-state index in [1.807, 2.05) is 7.05 Å². The second-order valence-electron chi connectivity index (χ2n) is 4.96. The predicted molar refractivity (Wildman–Crippen MR) is 68.8 cm³/mol. The quantitative estimate of drug-likeness (QED) is 0.851. The Kier molecular flexibility index (Phi) is 4.20. The zero-order chi connectivity index (χ0) is 12.3. The highest BCUT2D eigenvalue weighted by molar-refractivity contribution is 5.16. The maximum absolute atomic E-state index is 5.59. The second-order valence-corrected chi connectivity index (χ2v) is 4.96. The fourth-order valence-corrected chi connectivity index (χ4v) is 2.32. The molecule has 0 radical (unpaired) electrons. The van der Waals surface area contributed by atoms with Gasteiger partial charge in [0, 0.05) is 37.8 Å². The summed E-state index contributed by atoms with van der Waals surface area (Å²) in [5, 5.41) is 3.18. The van der Waals surface area contributed by atoms with Crippen LogP contribution in [0.3, 0.4) is 0 Å². The molecule has 1 atom stereocenters. The summed E-state index contributed by atoms with van der Waals surface area (Å²) in [6.07, 6.45) is 1.79. The Hall–Kier alpha value is -0.840. The first-order chi connectivity index (χ1) is 8.20. The molecule has 0 saturated carbocycles. The van der Waals surface area contributed by atoms with Crippen molar-refractivity contribution in [3.63, 3.8) is 0 Å². The van der Waals surface area contributed by atoms with Gasteiger partial charge in [-0.05, 0) is 27.1 Å². The van der Waals surface area contributed by atoms with Crippen LogP contribution >= 0.6 is 0 Å². The van der Waals surface area contributed by atoms with Crippen molar-refractivity contribution >= 4 is 0 Å². The minimum absolute atomic E-state index is 0.631. The lowest BCUT2D eigenvalue weighted by Crippen LogP contribution is -2.49. The van der Waals surface area contributed by atoms with E-state index in [2.05, 4.69) is 35.2 Å². The van der Waals surface area contributed by atoms with Gasteiger partial charge in [-0.1, -0.05) is 0 Å². The molecule has 1 aromatic heterocycles. The van der Waals surface area contributed by atoms with E-state index in [1.54, 1.807) is 6.26 Å². The fraction of sp³-hybridized carbons (Fsp3) is 0.692. The first-order valence-electron chi connectivity index (χ1n) is 6.33. The zero-order valence-electron chi connectivity index (χ0n) is 11.1. The van der Waals surface area contributed by atoms with Gasteiger partial charge in [0.25, 0.3) is 0 Å². The van der Waals surface area contributed by atoms with E-state index in [0.29, 0.717) is 6.04 Å². The van der Waals surface area contributed by atoms with Gasteiger partial charge < -0.3 is 14.6 Å². The van der Waals surface area contributed by atoms with Crippen LogP contribution in [0.25, 0.3) is 0 Å². The largest absolute Gasteiger partial charge is 0.468 e. The Balaban J connectivity index is 1.94. The SMILES string of the molecule is CNCc1ccoc1CN1CCN(C)C(C)C1. The van der Waals surface area contributed by atoms with Crippen molar-refractivity contribution in [2.75, 3.05) is 33.7 Å². The molecular weight excluding hydrogens is 214 g/mol. The molecule has 0 spiro atoms. The average Bonchev–Trinajstić information content (AvgIpc) is 2.72. The molecule has 17 heavy (non-hydrogen) atoms. The Labute approximate surface area is 104 Å². The van der Waals surface area contributed by atoms with E-state index in [-0.39, 0.29) is 0 Å². The van der Waals surface area contributed by atoms with Crippen LogP contribution in [0.1, 0.15) is 18.2 Å². The van der Waals surface area contributed by atoms with Gasteiger partial charge >= 0.3 is 0 Å². The van der Waals surface area contributed by atoms with Gasteiger partial charge in [-0.15, -0.1) is 0 Å².